The molecule has 0 spiro atoms. The van der Waals surface area contributed by atoms with Crippen LogP contribution in [0.4, 0.5) is 4.39 Å². The lowest BCUT2D eigenvalue weighted by atomic mass is 10.1. The van der Waals surface area contributed by atoms with Gasteiger partial charge >= 0.3 is 0 Å². The number of hydrogen-bond acceptors (Lipinski definition) is 2. The molecule has 0 saturated carbocycles. The average Bonchev–Trinajstić information content (AvgIpc) is 2.39. The summed E-state index contributed by atoms with van der Waals surface area (Å²) in [6.07, 6.45) is 1.60. The van der Waals surface area contributed by atoms with Gasteiger partial charge in [-0.15, -0.1) is 0 Å². The van der Waals surface area contributed by atoms with Gasteiger partial charge in [0.25, 0.3) is 0 Å². The number of rotatable bonds is 1. The van der Waals surface area contributed by atoms with E-state index < -0.39 is 0 Å². The molecule has 0 amide bonds. The molecular formula is C14H8ClFN2. The molecule has 0 aliphatic carbocycles. The topological polar surface area (TPSA) is 25.8 Å². The summed E-state index contributed by atoms with van der Waals surface area (Å²) in [6, 6.07) is 11.8. The Bertz CT molecular complexity index is 728. The van der Waals surface area contributed by atoms with Crippen molar-refractivity contribution in [1.82, 2.24) is 9.97 Å². The molecule has 0 bridgehead atoms. The molecule has 0 aliphatic rings. The van der Waals surface area contributed by atoms with Crippen molar-refractivity contribution in [3.63, 3.8) is 0 Å². The molecule has 0 radical (unpaired) electrons. The molecule has 3 aromatic rings. The first-order chi connectivity index (χ1) is 8.74. The Morgan fingerprint density at radius 3 is 2.78 bits per heavy atom. The molecule has 1 aromatic carbocycles. The van der Waals surface area contributed by atoms with E-state index in [0.717, 1.165) is 16.5 Å². The van der Waals surface area contributed by atoms with Crippen molar-refractivity contribution in [3.05, 3.63) is 59.6 Å². The third kappa shape index (κ3) is 1.93. The maximum Gasteiger partial charge on any atom is 0.138 e. The monoisotopic (exact) mass is 258 g/mol. The highest BCUT2D eigenvalue weighted by atomic mass is 35.5. The number of aromatic nitrogens is 2. The van der Waals surface area contributed by atoms with Crippen molar-refractivity contribution in [2.45, 2.75) is 0 Å². The summed E-state index contributed by atoms with van der Waals surface area (Å²) in [6.45, 7) is 0. The summed E-state index contributed by atoms with van der Waals surface area (Å²) >= 11 is 5.97. The largest absolute Gasteiger partial charge is 0.248 e. The van der Waals surface area contributed by atoms with Crippen LogP contribution in [0.25, 0.3) is 22.2 Å². The zero-order chi connectivity index (χ0) is 12.5. The molecule has 2 aromatic heterocycles. The second-order valence-electron chi connectivity index (χ2n) is 3.88. The molecule has 0 unspecified atom stereocenters. The van der Waals surface area contributed by atoms with Crippen molar-refractivity contribution in [3.8, 4) is 11.3 Å². The lowest BCUT2D eigenvalue weighted by Gasteiger charge is -2.04. The third-order valence-corrected chi connectivity index (χ3v) is 2.99. The van der Waals surface area contributed by atoms with Gasteiger partial charge < -0.3 is 0 Å². The molecule has 0 fully saturated rings. The number of hydrogen-bond donors (Lipinski definition) is 0. The van der Waals surface area contributed by atoms with Crippen LogP contribution in [-0.2, 0) is 0 Å². The van der Waals surface area contributed by atoms with E-state index in [0.29, 0.717) is 10.8 Å². The Labute approximate surface area is 108 Å². The highest BCUT2D eigenvalue weighted by Crippen LogP contribution is 2.24. The van der Waals surface area contributed by atoms with Crippen LogP contribution < -0.4 is 0 Å². The predicted molar refractivity (Wildman–Crippen MR) is 69.9 cm³/mol. The van der Waals surface area contributed by atoms with Crippen LogP contribution in [0.5, 0.6) is 0 Å². The molecule has 0 N–H and O–H groups in total. The van der Waals surface area contributed by atoms with Gasteiger partial charge in [0.1, 0.15) is 11.0 Å². The SMILES string of the molecule is Fc1cccc(-c2ccc3c(Cl)nccc3n2)c1. The third-order valence-electron chi connectivity index (χ3n) is 2.69. The second-order valence-corrected chi connectivity index (χ2v) is 4.23. The van der Waals surface area contributed by atoms with Crippen molar-refractivity contribution in [1.29, 1.82) is 0 Å². The van der Waals surface area contributed by atoms with Gasteiger partial charge in [-0.2, -0.15) is 0 Å². The van der Waals surface area contributed by atoms with Crippen LogP contribution >= 0.6 is 11.6 Å². The highest BCUT2D eigenvalue weighted by molar-refractivity contribution is 6.34. The minimum atomic E-state index is -0.276. The van der Waals surface area contributed by atoms with E-state index >= 15 is 0 Å². The molecule has 0 saturated heterocycles. The molecule has 0 atom stereocenters. The van der Waals surface area contributed by atoms with Crippen molar-refractivity contribution >= 4 is 22.5 Å². The van der Waals surface area contributed by atoms with Gasteiger partial charge in [0.2, 0.25) is 0 Å². The van der Waals surface area contributed by atoms with E-state index in [1.807, 2.05) is 18.2 Å². The van der Waals surface area contributed by atoms with Gasteiger partial charge in [0.15, 0.2) is 0 Å². The molecular weight excluding hydrogens is 251 g/mol. The van der Waals surface area contributed by atoms with Crippen molar-refractivity contribution in [2.75, 3.05) is 0 Å². The predicted octanol–water partition coefficient (Wildman–Crippen LogP) is 4.09. The first-order valence-electron chi connectivity index (χ1n) is 5.41. The molecule has 4 heteroatoms. The van der Waals surface area contributed by atoms with E-state index in [-0.39, 0.29) is 5.82 Å². The van der Waals surface area contributed by atoms with Gasteiger partial charge in [-0.3, -0.25) is 0 Å². The zero-order valence-electron chi connectivity index (χ0n) is 9.27. The summed E-state index contributed by atoms with van der Waals surface area (Å²) in [5.74, 6) is -0.276. The maximum absolute atomic E-state index is 13.2. The van der Waals surface area contributed by atoms with Crippen LogP contribution in [0.2, 0.25) is 5.15 Å². The standard InChI is InChI=1S/C14H8ClFN2/c15-14-11-4-5-12(18-13(11)6-7-17-14)9-2-1-3-10(16)8-9/h1-8H. The number of nitrogens with zero attached hydrogens (tertiary/aromatic N) is 2. The van der Waals surface area contributed by atoms with E-state index in [4.69, 9.17) is 11.6 Å². The summed E-state index contributed by atoms with van der Waals surface area (Å²) in [4.78, 5) is 8.45. The Balaban J connectivity index is 2.20. The summed E-state index contributed by atoms with van der Waals surface area (Å²) in [7, 11) is 0. The van der Waals surface area contributed by atoms with Crippen LogP contribution in [0, 0.1) is 5.82 Å². The van der Waals surface area contributed by atoms with Gasteiger partial charge in [-0.25, -0.2) is 14.4 Å². The number of halogens is 2. The van der Waals surface area contributed by atoms with E-state index in [1.54, 1.807) is 18.3 Å². The fraction of sp³-hybridized carbons (Fsp3) is 0. The molecule has 2 nitrogen and oxygen atoms in total. The summed E-state index contributed by atoms with van der Waals surface area (Å²) in [5, 5.41) is 1.21. The lowest BCUT2D eigenvalue weighted by molar-refractivity contribution is 0.628. The Hall–Kier alpha value is -2.00. The molecule has 18 heavy (non-hydrogen) atoms. The molecule has 0 aliphatic heterocycles. The Kier molecular flexibility index (Phi) is 2.68. The summed E-state index contributed by atoms with van der Waals surface area (Å²) < 4.78 is 13.2. The quantitative estimate of drug-likeness (QED) is 0.615. The van der Waals surface area contributed by atoms with Crippen LogP contribution in [0.3, 0.4) is 0 Å². The minimum absolute atomic E-state index is 0.276. The number of benzene rings is 1. The first kappa shape index (κ1) is 11.1. The summed E-state index contributed by atoms with van der Waals surface area (Å²) in [5.41, 5.74) is 2.20. The maximum atomic E-state index is 13.2. The fourth-order valence-corrected chi connectivity index (χ4v) is 2.04. The lowest BCUT2D eigenvalue weighted by Crippen LogP contribution is -1.87. The normalized spacial score (nSPS) is 10.8. The smallest absolute Gasteiger partial charge is 0.138 e. The average molecular weight is 259 g/mol. The van der Waals surface area contributed by atoms with Crippen LogP contribution in [0.1, 0.15) is 0 Å². The Morgan fingerprint density at radius 1 is 1.06 bits per heavy atom. The Morgan fingerprint density at radius 2 is 1.94 bits per heavy atom. The number of fused-ring (bicyclic) bond motifs is 1. The zero-order valence-corrected chi connectivity index (χ0v) is 10.0. The van der Waals surface area contributed by atoms with E-state index in [9.17, 15) is 4.39 Å². The molecule has 3 rings (SSSR count). The number of pyridine rings is 2. The highest BCUT2D eigenvalue weighted by Gasteiger charge is 2.05. The minimum Gasteiger partial charge on any atom is -0.248 e. The van der Waals surface area contributed by atoms with Gasteiger partial charge in [0, 0.05) is 17.1 Å². The van der Waals surface area contributed by atoms with E-state index in [2.05, 4.69) is 9.97 Å². The van der Waals surface area contributed by atoms with Crippen LogP contribution in [-0.4, -0.2) is 9.97 Å². The van der Waals surface area contributed by atoms with Gasteiger partial charge in [0.05, 0.1) is 11.2 Å². The van der Waals surface area contributed by atoms with Crippen LogP contribution in [0.15, 0.2) is 48.7 Å². The molecule has 88 valence electrons. The second kappa shape index (κ2) is 4.35. The van der Waals surface area contributed by atoms with E-state index in [1.165, 1.54) is 12.1 Å². The van der Waals surface area contributed by atoms with Crippen molar-refractivity contribution in [2.24, 2.45) is 0 Å². The first-order valence-corrected chi connectivity index (χ1v) is 5.79. The van der Waals surface area contributed by atoms with Gasteiger partial charge in [-0.05, 0) is 30.3 Å². The van der Waals surface area contributed by atoms with Crippen molar-refractivity contribution < 1.29 is 4.39 Å². The molecule has 2 heterocycles. The fourth-order valence-electron chi connectivity index (χ4n) is 1.83. The van der Waals surface area contributed by atoms with Gasteiger partial charge in [-0.1, -0.05) is 23.7 Å².